The lowest BCUT2D eigenvalue weighted by atomic mass is 10.2. The minimum atomic E-state index is -4.42. The molecule has 1 amide bonds. The van der Waals surface area contributed by atoms with Crippen LogP contribution in [0.5, 0.6) is 0 Å². The van der Waals surface area contributed by atoms with Gasteiger partial charge in [0.15, 0.2) is 0 Å². The SMILES string of the molecule is Nc1ccc(C(=O)NCC(F)(F)F)cc1Br. The van der Waals surface area contributed by atoms with Crippen molar-refractivity contribution in [3.8, 4) is 0 Å². The quantitative estimate of drug-likeness (QED) is 0.823. The number of hydrogen-bond donors (Lipinski definition) is 2. The second kappa shape index (κ2) is 4.73. The van der Waals surface area contributed by atoms with Crippen LogP contribution in [0, 0.1) is 0 Å². The van der Waals surface area contributed by atoms with Gasteiger partial charge in [-0.3, -0.25) is 4.79 Å². The zero-order valence-electron chi connectivity index (χ0n) is 7.94. The van der Waals surface area contributed by atoms with E-state index in [2.05, 4.69) is 15.9 Å². The third-order valence-corrected chi connectivity index (χ3v) is 2.40. The number of nitrogen functional groups attached to an aromatic ring is 1. The van der Waals surface area contributed by atoms with Gasteiger partial charge in [0.25, 0.3) is 5.91 Å². The lowest BCUT2D eigenvalue weighted by Gasteiger charge is -2.08. The van der Waals surface area contributed by atoms with Crippen molar-refractivity contribution in [2.45, 2.75) is 6.18 Å². The predicted molar refractivity (Wildman–Crippen MR) is 56.9 cm³/mol. The number of benzene rings is 1. The van der Waals surface area contributed by atoms with Gasteiger partial charge in [-0.25, -0.2) is 0 Å². The first-order valence-corrected chi connectivity index (χ1v) is 4.99. The Kier molecular flexibility index (Phi) is 3.79. The van der Waals surface area contributed by atoms with Crippen molar-refractivity contribution in [1.29, 1.82) is 0 Å². The lowest BCUT2D eigenvalue weighted by molar-refractivity contribution is -0.123. The van der Waals surface area contributed by atoms with E-state index in [9.17, 15) is 18.0 Å². The van der Waals surface area contributed by atoms with Crippen LogP contribution in [0.1, 0.15) is 10.4 Å². The molecule has 0 spiro atoms. The third kappa shape index (κ3) is 3.73. The number of nitrogens with two attached hydrogens (primary N) is 1. The molecule has 0 saturated heterocycles. The van der Waals surface area contributed by atoms with Gasteiger partial charge in [-0.15, -0.1) is 0 Å². The van der Waals surface area contributed by atoms with E-state index in [1.807, 2.05) is 0 Å². The molecule has 0 fully saturated rings. The van der Waals surface area contributed by atoms with Crippen molar-refractivity contribution in [3.63, 3.8) is 0 Å². The van der Waals surface area contributed by atoms with Crippen molar-refractivity contribution >= 4 is 27.5 Å². The van der Waals surface area contributed by atoms with Crippen molar-refractivity contribution < 1.29 is 18.0 Å². The Hall–Kier alpha value is -1.24. The van der Waals surface area contributed by atoms with Crippen LogP contribution in [-0.4, -0.2) is 18.6 Å². The first-order valence-electron chi connectivity index (χ1n) is 4.19. The molecule has 1 rings (SSSR count). The topological polar surface area (TPSA) is 55.1 Å². The normalized spacial score (nSPS) is 11.2. The molecule has 0 saturated carbocycles. The second-order valence-electron chi connectivity index (χ2n) is 3.03. The molecule has 0 aliphatic carbocycles. The minimum absolute atomic E-state index is 0.116. The monoisotopic (exact) mass is 296 g/mol. The number of hydrogen-bond acceptors (Lipinski definition) is 2. The summed E-state index contributed by atoms with van der Waals surface area (Å²) in [4.78, 5) is 11.3. The molecule has 0 aliphatic heterocycles. The van der Waals surface area contributed by atoms with Gasteiger partial charge in [0.05, 0.1) is 0 Å². The van der Waals surface area contributed by atoms with E-state index in [1.165, 1.54) is 18.2 Å². The molecule has 16 heavy (non-hydrogen) atoms. The van der Waals surface area contributed by atoms with E-state index in [0.717, 1.165) is 0 Å². The molecule has 7 heteroatoms. The Labute approximate surface area is 97.9 Å². The van der Waals surface area contributed by atoms with Crippen LogP contribution in [0.2, 0.25) is 0 Å². The molecule has 0 aliphatic rings. The van der Waals surface area contributed by atoms with Crippen LogP contribution in [0.15, 0.2) is 22.7 Å². The molecule has 3 nitrogen and oxygen atoms in total. The second-order valence-corrected chi connectivity index (χ2v) is 3.89. The predicted octanol–water partition coefficient (Wildman–Crippen LogP) is 2.32. The average Bonchev–Trinajstić information content (AvgIpc) is 2.17. The molecule has 0 heterocycles. The Morgan fingerprint density at radius 1 is 1.44 bits per heavy atom. The fourth-order valence-electron chi connectivity index (χ4n) is 0.951. The summed E-state index contributed by atoms with van der Waals surface area (Å²) in [7, 11) is 0. The fraction of sp³-hybridized carbons (Fsp3) is 0.222. The maximum atomic E-state index is 11.8. The van der Waals surface area contributed by atoms with Crippen LogP contribution in [0.25, 0.3) is 0 Å². The van der Waals surface area contributed by atoms with Gasteiger partial charge in [0.1, 0.15) is 6.54 Å². The number of anilines is 1. The Morgan fingerprint density at radius 2 is 2.06 bits per heavy atom. The number of amides is 1. The lowest BCUT2D eigenvalue weighted by Crippen LogP contribution is -2.33. The average molecular weight is 297 g/mol. The van der Waals surface area contributed by atoms with Crippen molar-refractivity contribution in [2.24, 2.45) is 0 Å². The van der Waals surface area contributed by atoms with Crippen molar-refractivity contribution in [1.82, 2.24) is 5.32 Å². The zero-order chi connectivity index (χ0) is 12.3. The summed E-state index contributed by atoms with van der Waals surface area (Å²) in [6.45, 7) is -1.35. The van der Waals surface area contributed by atoms with Gasteiger partial charge in [0.2, 0.25) is 0 Å². The van der Waals surface area contributed by atoms with E-state index in [4.69, 9.17) is 5.73 Å². The number of carbonyl (C=O) groups excluding carboxylic acids is 1. The Balaban J connectivity index is 2.70. The van der Waals surface area contributed by atoms with Crippen molar-refractivity contribution in [3.05, 3.63) is 28.2 Å². The summed E-state index contributed by atoms with van der Waals surface area (Å²) in [5.41, 5.74) is 6.00. The van der Waals surface area contributed by atoms with Crippen molar-refractivity contribution in [2.75, 3.05) is 12.3 Å². The summed E-state index contributed by atoms with van der Waals surface area (Å²) in [5.74, 6) is -0.793. The van der Waals surface area contributed by atoms with Gasteiger partial charge in [-0.05, 0) is 34.1 Å². The number of carbonyl (C=O) groups is 1. The molecule has 0 radical (unpaired) electrons. The van der Waals surface area contributed by atoms with E-state index in [1.54, 1.807) is 5.32 Å². The van der Waals surface area contributed by atoms with Gasteiger partial charge in [0, 0.05) is 15.7 Å². The summed E-state index contributed by atoms with van der Waals surface area (Å²) in [6, 6.07) is 4.15. The minimum Gasteiger partial charge on any atom is -0.398 e. The largest absolute Gasteiger partial charge is 0.405 e. The molecule has 1 aromatic rings. The Morgan fingerprint density at radius 3 is 2.56 bits per heavy atom. The first-order chi connectivity index (χ1) is 7.29. The third-order valence-electron chi connectivity index (χ3n) is 1.71. The molecule has 0 unspecified atom stereocenters. The van der Waals surface area contributed by atoms with Crippen LogP contribution in [0.3, 0.4) is 0 Å². The molecule has 3 N–H and O–H groups in total. The number of nitrogens with one attached hydrogen (secondary N) is 1. The van der Waals surface area contributed by atoms with Gasteiger partial charge < -0.3 is 11.1 Å². The van der Waals surface area contributed by atoms with Crippen LogP contribution in [0.4, 0.5) is 18.9 Å². The van der Waals surface area contributed by atoms with E-state index >= 15 is 0 Å². The Bertz CT molecular complexity index is 406. The summed E-state index contributed by atoms with van der Waals surface area (Å²) in [5, 5.41) is 1.76. The molecule has 1 aromatic carbocycles. The first kappa shape index (κ1) is 12.8. The zero-order valence-corrected chi connectivity index (χ0v) is 9.52. The van der Waals surface area contributed by atoms with E-state index in [-0.39, 0.29) is 5.56 Å². The summed E-state index contributed by atoms with van der Waals surface area (Å²) in [6.07, 6.45) is -4.42. The smallest absolute Gasteiger partial charge is 0.398 e. The van der Waals surface area contributed by atoms with Gasteiger partial charge >= 0.3 is 6.18 Å². The maximum Gasteiger partial charge on any atom is 0.405 e. The van der Waals surface area contributed by atoms with Gasteiger partial charge in [-0.1, -0.05) is 0 Å². The molecule has 0 bridgehead atoms. The molecular formula is C9H8BrF3N2O. The van der Waals surface area contributed by atoms with Crippen LogP contribution in [-0.2, 0) is 0 Å². The fourth-order valence-corrected chi connectivity index (χ4v) is 1.33. The van der Waals surface area contributed by atoms with Gasteiger partial charge in [-0.2, -0.15) is 13.2 Å². The summed E-state index contributed by atoms with van der Waals surface area (Å²) >= 11 is 3.08. The number of rotatable bonds is 2. The molecule has 88 valence electrons. The standard InChI is InChI=1S/C9H8BrF3N2O/c10-6-3-5(1-2-7(6)14)8(16)15-4-9(11,12)13/h1-3H,4,14H2,(H,15,16). The molecular weight excluding hydrogens is 289 g/mol. The molecule has 0 atom stereocenters. The highest BCUT2D eigenvalue weighted by molar-refractivity contribution is 9.10. The number of halogens is 4. The summed E-state index contributed by atoms with van der Waals surface area (Å²) < 4.78 is 36.0. The van der Waals surface area contributed by atoms with Crippen LogP contribution >= 0.6 is 15.9 Å². The number of alkyl halides is 3. The van der Waals surface area contributed by atoms with E-state index in [0.29, 0.717) is 10.2 Å². The highest BCUT2D eigenvalue weighted by atomic mass is 79.9. The van der Waals surface area contributed by atoms with Crippen LogP contribution < -0.4 is 11.1 Å². The van der Waals surface area contributed by atoms with E-state index < -0.39 is 18.6 Å². The maximum absolute atomic E-state index is 11.8. The highest BCUT2D eigenvalue weighted by Gasteiger charge is 2.27. The molecule has 0 aromatic heterocycles. The highest BCUT2D eigenvalue weighted by Crippen LogP contribution is 2.20.